The van der Waals surface area contributed by atoms with E-state index in [0.717, 1.165) is 17.9 Å². The smallest absolute Gasteiger partial charge is 0.119 e. The average molecular weight is 252 g/mol. The van der Waals surface area contributed by atoms with Crippen LogP contribution in [-0.2, 0) is 6.54 Å². The number of aliphatic hydroxyl groups excluding tert-OH is 1. The van der Waals surface area contributed by atoms with Crippen molar-refractivity contribution in [2.45, 2.75) is 26.4 Å². The number of benzene rings is 1. The van der Waals surface area contributed by atoms with E-state index in [2.05, 4.69) is 18.7 Å². The average Bonchev–Trinajstić information content (AvgIpc) is 2.38. The van der Waals surface area contributed by atoms with E-state index in [1.165, 1.54) is 0 Å². The van der Waals surface area contributed by atoms with Gasteiger partial charge < -0.3 is 15.6 Å². The molecule has 0 fully saturated rings. The number of rotatable bonds is 8. The van der Waals surface area contributed by atoms with Gasteiger partial charge in [-0.15, -0.1) is 0 Å². The zero-order valence-corrected chi connectivity index (χ0v) is 11.3. The van der Waals surface area contributed by atoms with Crippen molar-refractivity contribution in [1.82, 2.24) is 4.90 Å². The summed E-state index contributed by atoms with van der Waals surface area (Å²) in [5.41, 5.74) is 6.66. The van der Waals surface area contributed by atoms with Crippen molar-refractivity contribution in [1.29, 1.82) is 0 Å². The molecule has 1 aromatic carbocycles. The molecular formula is C14H24N2O2. The Morgan fingerprint density at radius 3 is 2.72 bits per heavy atom. The highest BCUT2D eigenvalue weighted by Gasteiger charge is 2.08. The normalized spacial score (nSPS) is 11.2. The SMILES string of the molecule is CC(C)N(CCO)CCOc1cccc(CN)c1. The summed E-state index contributed by atoms with van der Waals surface area (Å²) in [5, 5.41) is 8.97. The lowest BCUT2D eigenvalue weighted by molar-refractivity contribution is 0.141. The fourth-order valence-corrected chi connectivity index (χ4v) is 1.80. The summed E-state index contributed by atoms with van der Waals surface area (Å²) in [7, 11) is 0. The van der Waals surface area contributed by atoms with E-state index in [-0.39, 0.29) is 6.61 Å². The van der Waals surface area contributed by atoms with Gasteiger partial charge in [-0.2, -0.15) is 0 Å². The molecule has 0 aliphatic carbocycles. The molecule has 18 heavy (non-hydrogen) atoms. The molecule has 0 saturated heterocycles. The van der Waals surface area contributed by atoms with Gasteiger partial charge in [-0.3, -0.25) is 4.90 Å². The summed E-state index contributed by atoms with van der Waals surface area (Å²) >= 11 is 0. The summed E-state index contributed by atoms with van der Waals surface area (Å²) in [5.74, 6) is 0.852. The van der Waals surface area contributed by atoms with E-state index in [9.17, 15) is 0 Å². The third-order valence-electron chi connectivity index (χ3n) is 2.90. The Balaban J connectivity index is 2.39. The van der Waals surface area contributed by atoms with Crippen LogP contribution in [-0.4, -0.2) is 42.4 Å². The third kappa shape index (κ3) is 5.04. The lowest BCUT2D eigenvalue weighted by atomic mass is 10.2. The minimum absolute atomic E-state index is 0.181. The van der Waals surface area contributed by atoms with Crippen LogP contribution in [0.1, 0.15) is 19.4 Å². The van der Waals surface area contributed by atoms with Gasteiger partial charge in [0.25, 0.3) is 0 Å². The highest BCUT2D eigenvalue weighted by molar-refractivity contribution is 5.28. The second kappa shape index (κ2) is 8.08. The van der Waals surface area contributed by atoms with Crippen molar-refractivity contribution in [3.8, 4) is 5.75 Å². The molecular weight excluding hydrogens is 228 g/mol. The van der Waals surface area contributed by atoms with E-state index in [1.54, 1.807) is 0 Å². The van der Waals surface area contributed by atoms with Crippen molar-refractivity contribution in [3.05, 3.63) is 29.8 Å². The Morgan fingerprint density at radius 2 is 2.11 bits per heavy atom. The highest BCUT2D eigenvalue weighted by atomic mass is 16.5. The van der Waals surface area contributed by atoms with Crippen molar-refractivity contribution in [2.24, 2.45) is 5.73 Å². The van der Waals surface area contributed by atoms with Gasteiger partial charge in [0, 0.05) is 25.7 Å². The Morgan fingerprint density at radius 1 is 1.33 bits per heavy atom. The van der Waals surface area contributed by atoms with E-state index >= 15 is 0 Å². The molecule has 0 saturated carbocycles. The molecule has 0 radical (unpaired) electrons. The second-order valence-electron chi connectivity index (χ2n) is 4.55. The molecule has 0 spiro atoms. The standard InChI is InChI=1S/C14H24N2O2/c1-12(2)16(6-8-17)7-9-18-14-5-3-4-13(10-14)11-15/h3-5,10,12,17H,6-9,11,15H2,1-2H3. The summed E-state index contributed by atoms with van der Waals surface area (Å²) in [4.78, 5) is 2.19. The van der Waals surface area contributed by atoms with Gasteiger partial charge in [0.15, 0.2) is 0 Å². The zero-order valence-electron chi connectivity index (χ0n) is 11.3. The first-order valence-corrected chi connectivity index (χ1v) is 6.44. The fourth-order valence-electron chi connectivity index (χ4n) is 1.80. The van der Waals surface area contributed by atoms with Crippen LogP contribution in [0.5, 0.6) is 5.75 Å². The van der Waals surface area contributed by atoms with Crippen molar-refractivity contribution in [2.75, 3.05) is 26.3 Å². The lowest BCUT2D eigenvalue weighted by Gasteiger charge is -2.25. The number of nitrogens with two attached hydrogens (primary N) is 1. The molecule has 1 aromatic rings. The summed E-state index contributed by atoms with van der Waals surface area (Å²) in [6.07, 6.45) is 0. The third-order valence-corrected chi connectivity index (χ3v) is 2.90. The maximum atomic E-state index is 8.97. The highest BCUT2D eigenvalue weighted by Crippen LogP contribution is 2.12. The molecule has 3 N–H and O–H groups in total. The Kier molecular flexibility index (Phi) is 6.72. The van der Waals surface area contributed by atoms with Crippen LogP contribution in [0.25, 0.3) is 0 Å². The quantitative estimate of drug-likeness (QED) is 0.730. The van der Waals surface area contributed by atoms with Gasteiger partial charge in [-0.05, 0) is 31.5 Å². The molecule has 0 bridgehead atoms. The number of aliphatic hydroxyl groups is 1. The molecule has 0 heterocycles. The summed E-state index contributed by atoms with van der Waals surface area (Å²) in [6, 6.07) is 8.25. The van der Waals surface area contributed by atoms with Gasteiger partial charge in [0.05, 0.1) is 6.61 Å². The minimum Gasteiger partial charge on any atom is -0.492 e. The van der Waals surface area contributed by atoms with Crippen molar-refractivity contribution >= 4 is 0 Å². The van der Waals surface area contributed by atoms with Gasteiger partial charge in [0.1, 0.15) is 12.4 Å². The maximum absolute atomic E-state index is 8.97. The van der Waals surface area contributed by atoms with Crippen LogP contribution in [0.4, 0.5) is 0 Å². The fraction of sp³-hybridized carbons (Fsp3) is 0.571. The largest absolute Gasteiger partial charge is 0.492 e. The number of hydrogen-bond acceptors (Lipinski definition) is 4. The van der Waals surface area contributed by atoms with E-state index in [4.69, 9.17) is 15.6 Å². The predicted molar refractivity (Wildman–Crippen MR) is 73.6 cm³/mol. The van der Waals surface area contributed by atoms with Crippen LogP contribution >= 0.6 is 0 Å². The molecule has 1 rings (SSSR count). The van der Waals surface area contributed by atoms with E-state index < -0.39 is 0 Å². The summed E-state index contributed by atoms with van der Waals surface area (Å²) < 4.78 is 5.70. The lowest BCUT2D eigenvalue weighted by Crippen LogP contribution is -2.36. The maximum Gasteiger partial charge on any atom is 0.119 e. The monoisotopic (exact) mass is 252 g/mol. The first-order valence-electron chi connectivity index (χ1n) is 6.44. The zero-order chi connectivity index (χ0) is 13.4. The van der Waals surface area contributed by atoms with E-state index in [0.29, 0.717) is 25.7 Å². The first-order chi connectivity index (χ1) is 8.67. The minimum atomic E-state index is 0.181. The number of nitrogens with zero attached hydrogens (tertiary/aromatic N) is 1. The van der Waals surface area contributed by atoms with Crippen molar-refractivity contribution in [3.63, 3.8) is 0 Å². The molecule has 0 aliphatic heterocycles. The molecule has 4 heteroatoms. The topological polar surface area (TPSA) is 58.7 Å². The molecule has 102 valence electrons. The predicted octanol–water partition coefficient (Wildman–Crippen LogP) is 1.23. The molecule has 4 nitrogen and oxygen atoms in total. The second-order valence-corrected chi connectivity index (χ2v) is 4.55. The molecule has 0 aliphatic rings. The van der Waals surface area contributed by atoms with Crippen LogP contribution in [0.3, 0.4) is 0 Å². The number of hydrogen-bond donors (Lipinski definition) is 2. The molecule has 0 atom stereocenters. The van der Waals surface area contributed by atoms with Crippen molar-refractivity contribution < 1.29 is 9.84 Å². The van der Waals surface area contributed by atoms with Gasteiger partial charge >= 0.3 is 0 Å². The Labute approximate surface area is 109 Å². The van der Waals surface area contributed by atoms with Crippen LogP contribution in [0, 0.1) is 0 Å². The number of ether oxygens (including phenoxy) is 1. The molecule has 0 amide bonds. The van der Waals surface area contributed by atoms with Crippen LogP contribution < -0.4 is 10.5 Å². The molecule has 0 unspecified atom stereocenters. The Hall–Kier alpha value is -1.10. The van der Waals surface area contributed by atoms with Gasteiger partial charge in [-0.25, -0.2) is 0 Å². The Bertz CT molecular complexity index is 342. The first kappa shape index (κ1) is 15.0. The van der Waals surface area contributed by atoms with Gasteiger partial charge in [-0.1, -0.05) is 12.1 Å². The summed E-state index contributed by atoms with van der Waals surface area (Å²) in [6.45, 7) is 7.05. The van der Waals surface area contributed by atoms with Gasteiger partial charge in [0.2, 0.25) is 0 Å². The van der Waals surface area contributed by atoms with E-state index in [1.807, 2.05) is 24.3 Å². The van der Waals surface area contributed by atoms with Crippen LogP contribution in [0.15, 0.2) is 24.3 Å². The van der Waals surface area contributed by atoms with Crippen LogP contribution in [0.2, 0.25) is 0 Å². The molecule has 0 aromatic heterocycles.